The van der Waals surface area contributed by atoms with Crippen molar-refractivity contribution in [1.82, 2.24) is 34.9 Å². The zero-order valence-corrected chi connectivity index (χ0v) is 22.9. The minimum atomic E-state index is -0.762. The summed E-state index contributed by atoms with van der Waals surface area (Å²) in [5, 5.41) is 7.47. The molecule has 0 spiro atoms. The number of aromatic nitrogens is 4. The summed E-state index contributed by atoms with van der Waals surface area (Å²) in [6, 6.07) is 4.17. The van der Waals surface area contributed by atoms with Gasteiger partial charge in [0.1, 0.15) is 6.17 Å². The third kappa shape index (κ3) is 6.36. The summed E-state index contributed by atoms with van der Waals surface area (Å²) in [4.78, 5) is 26.2. The van der Waals surface area contributed by atoms with Crippen LogP contribution in [0.5, 0.6) is 11.6 Å². The van der Waals surface area contributed by atoms with Crippen molar-refractivity contribution in [2.45, 2.75) is 45.3 Å². The summed E-state index contributed by atoms with van der Waals surface area (Å²) in [5.74, 6) is 0.821. The molecule has 2 saturated heterocycles. The number of likely N-dealkylation sites (tertiary alicyclic amines) is 2. The van der Waals surface area contributed by atoms with Gasteiger partial charge in [-0.25, -0.2) is 14.4 Å². The number of carbonyl (C=O) groups excluding carboxylic acids is 1. The van der Waals surface area contributed by atoms with Crippen molar-refractivity contribution in [3.63, 3.8) is 0 Å². The molecule has 2 aliphatic heterocycles. The number of halogens is 1. The SMILES string of the molecule is Cc1cc(-c2cnc(N)c(Oc3cnn(C4CCN(C)CC4)c3)n2)cc(C)c1C(=O)NCCN1CC[C@@H](F)C1. The van der Waals surface area contributed by atoms with Gasteiger partial charge in [0.25, 0.3) is 11.8 Å². The Kier molecular flexibility index (Phi) is 8.08. The molecular weight excluding hydrogens is 499 g/mol. The van der Waals surface area contributed by atoms with E-state index < -0.39 is 6.17 Å². The molecule has 0 aliphatic carbocycles. The number of piperidine rings is 1. The minimum absolute atomic E-state index is 0.137. The number of nitrogen functional groups attached to an aromatic ring is 1. The largest absolute Gasteiger partial charge is 0.433 e. The van der Waals surface area contributed by atoms with Gasteiger partial charge >= 0.3 is 0 Å². The van der Waals surface area contributed by atoms with E-state index in [2.05, 4.69) is 32.3 Å². The smallest absolute Gasteiger partial charge is 0.263 e. The Hall–Kier alpha value is -3.57. The Bertz CT molecular complexity index is 1300. The molecule has 208 valence electrons. The van der Waals surface area contributed by atoms with Crippen LogP contribution in [-0.4, -0.2) is 87.9 Å². The van der Waals surface area contributed by atoms with E-state index in [4.69, 9.17) is 10.5 Å². The second-order valence-corrected chi connectivity index (χ2v) is 10.7. The van der Waals surface area contributed by atoms with Crippen LogP contribution in [0, 0.1) is 13.8 Å². The van der Waals surface area contributed by atoms with Gasteiger partial charge in [0, 0.05) is 37.3 Å². The lowest BCUT2D eigenvalue weighted by molar-refractivity contribution is 0.0948. The van der Waals surface area contributed by atoms with E-state index in [1.807, 2.05) is 41.8 Å². The standard InChI is InChI=1S/C28H37FN8O2/c1-18-12-20(13-19(2)25(18)27(38)31-7-11-36-10-4-21(29)16-36)24-15-32-26(30)28(34-24)39-23-14-33-37(17-23)22-5-8-35(3)9-6-22/h12-15,17,21-22H,4-11,16H2,1-3H3,(H2,30,32)(H,31,38)/t21-/m1/s1. The molecule has 4 heterocycles. The molecule has 11 heteroatoms. The molecule has 1 atom stereocenters. The highest BCUT2D eigenvalue weighted by molar-refractivity contribution is 5.97. The molecular formula is C28H37FN8O2. The Morgan fingerprint density at radius 2 is 1.90 bits per heavy atom. The fourth-order valence-corrected chi connectivity index (χ4v) is 5.41. The van der Waals surface area contributed by atoms with Crippen LogP contribution in [0.4, 0.5) is 10.2 Å². The highest BCUT2D eigenvalue weighted by atomic mass is 19.1. The number of nitrogens with one attached hydrogen (secondary N) is 1. The number of rotatable bonds is 8. The van der Waals surface area contributed by atoms with Crippen molar-refractivity contribution in [2.75, 3.05) is 52.0 Å². The van der Waals surface area contributed by atoms with Crippen molar-refractivity contribution < 1.29 is 13.9 Å². The Morgan fingerprint density at radius 1 is 1.15 bits per heavy atom. The first-order valence-corrected chi connectivity index (χ1v) is 13.6. The van der Waals surface area contributed by atoms with Crippen molar-refractivity contribution in [3.8, 4) is 22.9 Å². The van der Waals surface area contributed by atoms with Gasteiger partial charge in [-0.3, -0.25) is 14.4 Å². The fourth-order valence-electron chi connectivity index (χ4n) is 5.41. The number of hydrogen-bond acceptors (Lipinski definition) is 8. The number of amides is 1. The van der Waals surface area contributed by atoms with Crippen molar-refractivity contribution in [1.29, 1.82) is 0 Å². The highest BCUT2D eigenvalue weighted by Crippen LogP contribution is 2.30. The zero-order chi connectivity index (χ0) is 27.5. The summed E-state index contributed by atoms with van der Waals surface area (Å²) in [6.07, 6.45) is 7.04. The van der Waals surface area contributed by atoms with Crippen LogP contribution in [0.2, 0.25) is 0 Å². The van der Waals surface area contributed by atoms with E-state index in [9.17, 15) is 9.18 Å². The first kappa shape index (κ1) is 27.0. The fraction of sp³-hybridized carbons (Fsp3) is 0.500. The molecule has 1 amide bonds. The number of aryl methyl sites for hydroxylation is 2. The van der Waals surface area contributed by atoms with Crippen LogP contribution in [0.15, 0.2) is 30.7 Å². The maximum atomic E-state index is 13.4. The number of ether oxygens (including phenoxy) is 1. The van der Waals surface area contributed by atoms with Crippen LogP contribution < -0.4 is 15.8 Å². The predicted octanol–water partition coefficient (Wildman–Crippen LogP) is 3.37. The molecule has 3 N–H and O–H groups in total. The van der Waals surface area contributed by atoms with Crippen molar-refractivity contribution in [3.05, 3.63) is 47.4 Å². The van der Waals surface area contributed by atoms with Gasteiger partial charge in [0.15, 0.2) is 11.6 Å². The maximum absolute atomic E-state index is 13.4. The molecule has 0 unspecified atom stereocenters. The van der Waals surface area contributed by atoms with Gasteiger partial charge in [0.2, 0.25) is 0 Å². The van der Waals surface area contributed by atoms with E-state index in [0.29, 0.717) is 49.1 Å². The topological polar surface area (TPSA) is 114 Å². The van der Waals surface area contributed by atoms with E-state index in [0.717, 1.165) is 49.2 Å². The molecule has 0 radical (unpaired) electrons. The average molecular weight is 537 g/mol. The number of anilines is 1. The van der Waals surface area contributed by atoms with Gasteiger partial charge in [0.05, 0.1) is 30.3 Å². The summed E-state index contributed by atoms with van der Waals surface area (Å²) in [7, 11) is 2.13. The lowest BCUT2D eigenvalue weighted by Crippen LogP contribution is -2.34. The third-order valence-electron chi connectivity index (χ3n) is 7.61. The molecule has 1 aromatic carbocycles. The number of alkyl halides is 1. The van der Waals surface area contributed by atoms with Crippen LogP contribution in [0.25, 0.3) is 11.3 Å². The molecule has 10 nitrogen and oxygen atoms in total. The predicted molar refractivity (Wildman–Crippen MR) is 148 cm³/mol. The Labute approximate surface area is 228 Å². The van der Waals surface area contributed by atoms with Gasteiger partial charge < -0.3 is 20.7 Å². The number of benzene rings is 1. The highest BCUT2D eigenvalue weighted by Gasteiger charge is 2.22. The van der Waals surface area contributed by atoms with E-state index in [1.54, 1.807) is 12.4 Å². The molecule has 0 saturated carbocycles. The summed E-state index contributed by atoms with van der Waals surface area (Å²) < 4.78 is 21.3. The van der Waals surface area contributed by atoms with Crippen LogP contribution in [0.1, 0.15) is 46.8 Å². The van der Waals surface area contributed by atoms with Crippen molar-refractivity contribution >= 4 is 11.7 Å². The molecule has 2 aliphatic rings. The maximum Gasteiger partial charge on any atom is 0.263 e. The minimum Gasteiger partial charge on any atom is -0.433 e. The summed E-state index contributed by atoms with van der Waals surface area (Å²) in [5.41, 5.74) is 9.78. The van der Waals surface area contributed by atoms with E-state index in [1.165, 1.54) is 0 Å². The lowest BCUT2D eigenvalue weighted by Gasteiger charge is -2.28. The quantitative estimate of drug-likeness (QED) is 0.451. The first-order chi connectivity index (χ1) is 18.8. The number of carbonyl (C=O) groups is 1. The third-order valence-corrected chi connectivity index (χ3v) is 7.61. The van der Waals surface area contributed by atoms with Crippen LogP contribution in [0.3, 0.4) is 0 Å². The lowest BCUT2D eigenvalue weighted by atomic mass is 9.97. The molecule has 2 aromatic heterocycles. The Balaban J connectivity index is 1.26. The van der Waals surface area contributed by atoms with Crippen LogP contribution >= 0.6 is 0 Å². The average Bonchev–Trinajstić information content (AvgIpc) is 3.54. The van der Waals surface area contributed by atoms with Gasteiger partial charge in [-0.1, -0.05) is 0 Å². The molecule has 39 heavy (non-hydrogen) atoms. The second kappa shape index (κ2) is 11.7. The van der Waals surface area contributed by atoms with Crippen molar-refractivity contribution in [2.24, 2.45) is 0 Å². The van der Waals surface area contributed by atoms with E-state index in [-0.39, 0.29) is 17.6 Å². The summed E-state index contributed by atoms with van der Waals surface area (Å²) >= 11 is 0. The van der Waals surface area contributed by atoms with Crippen LogP contribution in [-0.2, 0) is 0 Å². The first-order valence-electron chi connectivity index (χ1n) is 13.6. The number of hydrogen-bond donors (Lipinski definition) is 2. The molecule has 5 rings (SSSR count). The Morgan fingerprint density at radius 3 is 2.59 bits per heavy atom. The zero-order valence-electron chi connectivity index (χ0n) is 22.9. The molecule has 0 bridgehead atoms. The summed E-state index contributed by atoms with van der Waals surface area (Å²) in [6.45, 7) is 8.18. The molecule has 3 aromatic rings. The second-order valence-electron chi connectivity index (χ2n) is 10.7. The van der Waals surface area contributed by atoms with Gasteiger partial charge in [-0.15, -0.1) is 0 Å². The molecule has 2 fully saturated rings. The van der Waals surface area contributed by atoms with Gasteiger partial charge in [-0.2, -0.15) is 5.10 Å². The number of nitrogens with two attached hydrogens (primary N) is 1. The normalized spacial score (nSPS) is 18.9. The monoisotopic (exact) mass is 536 g/mol. The van der Waals surface area contributed by atoms with E-state index >= 15 is 0 Å². The van der Waals surface area contributed by atoms with Gasteiger partial charge in [-0.05, 0) is 76.5 Å². The number of nitrogens with zero attached hydrogens (tertiary/aromatic N) is 6.